The zero-order valence-electron chi connectivity index (χ0n) is 10.5. The molecule has 0 aromatic carbocycles. The van der Waals surface area contributed by atoms with E-state index in [0.717, 1.165) is 9.35 Å². The van der Waals surface area contributed by atoms with Crippen molar-refractivity contribution in [2.24, 2.45) is 0 Å². The Morgan fingerprint density at radius 1 is 1.43 bits per heavy atom. The highest BCUT2D eigenvalue weighted by Crippen LogP contribution is 2.24. The number of aromatic nitrogens is 2. The highest BCUT2D eigenvalue weighted by atomic mass is 79.9. The number of nitrogens with zero attached hydrogens (tertiary/aromatic N) is 2. The van der Waals surface area contributed by atoms with Crippen LogP contribution in [0.3, 0.4) is 0 Å². The number of hydrogen-bond acceptors (Lipinski definition) is 4. The van der Waals surface area contributed by atoms with Crippen molar-refractivity contribution in [1.82, 2.24) is 14.1 Å². The molecule has 0 aliphatic rings. The van der Waals surface area contributed by atoms with Gasteiger partial charge in [-0.25, -0.2) is 18.1 Å². The summed E-state index contributed by atoms with van der Waals surface area (Å²) in [5.41, 5.74) is 0.488. The van der Waals surface area contributed by atoms with Gasteiger partial charge < -0.3 is 0 Å². The summed E-state index contributed by atoms with van der Waals surface area (Å²) in [4.78, 5) is 4.94. The number of fused-ring (bicyclic) bond motifs is 1. The van der Waals surface area contributed by atoms with Crippen LogP contribution in [0, 0.1) is 0 Å². The van der Waals surface area contributed by atoms with Crippen LogP contribution in [-0.4, -0.2) is 17.8 Å². The summed E-state index contributed by atoms with van der Waals surface area (Å²) in [5, 5.41) is 1.81. The van der Waals surface area contributed by atoms with Gasteiger partial charge in [0, 0.05) is 27.5 Å². The van der Waals surface area contributed by atoms with Gasteiger partial charge in [0.1, 0.15) is 5.65 Å². The van der Waals surface area contributed by atoms with E-state index in [-0.39, 0.29) is 16.7 Å². The van der Waals surface area contributed by atoms with E-state index in [1.165, 1.54) is 15.7 Å². The molecule has 3 heterocycles. The number of halogens is 2. The number of rotatable bonds is 4. The minimum atomic E-state index is -3.75. The van der Waals surface area contributed by atoms with Gasteiger partial charge in [-0.1, -0.05) is 17.7 Å². The van der Waals surface area contributed by atoms with Crippen LogP contribution in [-0.2, 0) is 16.6 Å². The van der Waals surface area contributed by atoms with Crippen molar-refractivity contribution in [3.05, 3.63) is 50.3 Å². The summed E-state index contributed by atoms with van der Waals surface area (Å²) in [5.74, 6) is 0. The van der Waals surface area contributed by atoms with E-state index < -0.39 is 10.0 Å². The molecule has 0 aliphatic heterocycles. The summed E-state index contributed by atoms with van der Waals surface area (Å²) in [6, 6.07) is 7.05. The first-order valence-corrected chi connectivity index (χ1v) is 9.36. The lowest BCUT2D eigenvalue weighted by atomic mass is 10.5. The Bertz CT molecular complexity index is 904. The molecule has 0 unspecified atom stereocenters. The molecule has 0 atom stereocenters. The number of imidazole rings is 1. The van der Waals surface area contributed by atoms with Gasteiger partial charge in [-0.3, -0.25) is 4.40 Å². The van der Waals surface area contributed by atoms with Crippen molar-refractivity contribution in [1.29, 1.82) is 0 Å². The maximum Gasteiger partial charge on any atom is 0.260 e. The third-order valence-corrected chi connectivity index (χ3v) is 6.26. The summed E-state index contributed by atoms with van der Waals surface area (Å²) in [7, 11) is -3.75. The third kappa shape index (κ3) is 3.00. The molecular formula is C12H9BrClN3O2S2. The lowest BCUT2D eigenvalue weighted by Crippen LogP contribution is -2.24. The molecule has 0 saturated carbocycles. The van der Waals surface area contributed by atoms with Gasteiger partial charge >= 0.3 is 0 Å². The Labute approximate surface area is 138 Å². The smallest absolute Gasteiger partial charge is 0.260 e. The lowest BCUT2D eigenvalue weighted by molar-refractivity contribution is 0.577. The maximum absolute atomic E-state index is 12.4. The Hall–Kier alpha value is -0.930. The molecule has 0 bridgehead atoms. The average molecular weight is 407 g/mol. The zero-order valence-corrected chi connectivity index (χ0v) is 14.4. The van der Waals surface area contributed by atoms with Crippen LogP contribution >= 0.6 is 38.9 Å². The van der Waals surface area contributed by atoms with Gasteiger partial charge in [-0.2, -0.15) is 0 Å². The number of nitrogens with one attached hydrogen (secondary N) is 1. The molecule has 21 heavy (non-hydrogen) atoms. The molecular weight excluding hydrogens is 398 g/mol. The number of hydrogen-bond donors (Lipinski definition) is 1. The highest BCUT2D eigenvalue weighted by molar-refractivity contribution is 9.10. The van der Waals surface area contributed by atoms with E-state index in [1.54, 1.807) is 24.4 Å². The number of thiophene rings is 1. The number of sulfonamides is 1. The van der Waals surface area contributed by atoms with Crippen LogP contribution in [0.25, 0.3) is 5.65 Å². The van der Waals surface area contributed by atoms with Crippen molar-refractivity contribution < 1.29 is 8.42 Å². The van der Waals surface area contributed by atoms with Crippen LogP contribution in [0.5, 0.6) is 0 Å². The molecule has 3 aromatic heterocycles. The minimum absolute atomic E-state index is 0.0407. The van der Waals surface area contributed by atoms with Gasteiger partial charge in [0.25, 0.3) is 10.0 Å². The fraction of sp³-hybridized carbons (Fsp3) is 0.0833. The van der Waals surface area contributed by atoms with E-state index >= 15 is 0 Å². The van der Waals surface area contributed by atoms with Gasteiger partial charge in [-0.05, 0) is 34.1 Å². The van der Waals surface area contributed by atoms with Gasteiger partial charge in [0.15, 0.2) is 10.2 Å². The number of pyridine rings is 1. The predicted octanol–water partition coefficient (Wildman–Crippen LogP) is 3.29. The molecule has 0 spiro atoms. The first-order chi connectivity index (χ1) is 9.97. The maximum atomic E-state index is 12.4. The van der Waals surface area contributed by atoms with Gasteiger partial charge in [0.2, 0.25) is 0 Å². The molecule has 9 heteroatoms. The Morgan fingerprint density at radius 3 is 2.95 bits per heavy atom. The van der Waals surface area contributed by atoms with Crippen LogP contribution in [0.2, 0.25) is 5.15 Å². The zero-order chi connectivity index (χ0) is 15.0. The SMILES string of the molecule is O=S(=O)(NCc1cc(Br)cs1)c1c(Cl)nc2ccccn12. The van der Waals surface area contributed by atoms with E-state index in [4.69, 9.17) is 11.6 Å². The second-order valence-corrected chi connectivity index (χ2v) is 8.14. The third-order valence-electron chi connectivity index (χ3n) is 2.76. The topological polar surface area (TPSA) is 63.5 Å². The molecule has 5 nitrogen and oxygen atoms in total. The van der Waals surface area contributed by atoms with Crippen LogP contribution in [0.4, 0.5) is 0 Å². The molecule has 3 aromatic rings. The second-order valence-electron chi connectivity index (χ2n) is 4.19. The molecule has 0 amide bonds. The molecule has 110 valence electrons. The fourth-order valence-electron chi connectivity index (χ4n) is 1.87. The summed E-state index contributed by atoms with van der Waals surface area (Å²) in [6.45, 7) is 0.203. The Balaban J connectivity index is 1.95. The van der Waals surface area contributed by atoms with Crippen LogP contribution in [0.15, 0.2) is 45.3 Å². The molecule has 0 fully saturated rings. The highest BCUT2D eigenvalue weighted by Gasteiger charge is 2.24. The molecule has 0 aliphatic carbocycles. The van der Waals surface area contributed by atoms with Crippen molar-refractivity contribution in [3.8, 4) is 0 Å². The Kier molecular flexibility index (Phi) is 4.06. The van der Waals surface area contributed by atoms with E-state index in [1.807, 2.05) is 11.4 Å². The molecule has 3 rings (SSSR count). The monoisotopic (exact) mass is 405 g/mol. The predicted molar refractivity (Wildman–Crippen MR) is 86.2 cm³/mol. The first-order valence-electron chi connectivity index (χ1n) is 5.82. The fourth-order valence-corrected chi connectivity index (χ4v) is 4.99. The normalized spacial score (nSPS) is 12.1. The van der Waals surface area contributed by atoms with Crippen molar-refractivity contribution in [2.75, 3.05) is 0 Å². The molecule has 0 saturated heterocycles. The van der Waals surface area contributed by atoms with Crippen molar-refractivity contribution >= 4 is 54.5 Å². The van der Waals surface area contributed by atoms with Crippen LogP contribution in [0.1, 0.15) is 4.88 Å². The largest absolute Gasteiger partial charge is 0.288 e. The van der Waals surface area contributed by atoms with Crippen molar-refractivity contribution in [2.45, 2.75) is 11.6 Å². The average Bonchev–Trinajstić information content (AvgIpc) is 2.99. The minimum Gasteiger partial charge on any atom is -0.288 e. The second kappa shape index (κ2) is 5.69. The van der Waals surface area contributed by atoms with E-state index in [0.29, 0.717) is 5.65 Å². The van der Waals surface area contributed by atoms with Crippen molar-refractivity contribution in [3.63, 3.8) is 0 Å². The Morgan fingerprint density at radius 2 is 2.24 bits per heavy atom. The first kappa shape index (κ1) is 15.0. The summed E-state index contributed by atoms with van der Waals surface area (Å²) < 4.78 is 29.8. The lowest BCUT2D eigenvalue weighted by Gasteiger charge is -2.05. The standard InChI is InChI=1S/C12H9BrClN3O2S2/c13-8-5-9(20-7-8)6-15-21(18,19)12-11(14)16-10-3-1-2-4-17(10)12/h1-5,7,15H,6H2. The van der Waals surface area contributed by atoms with Gasteiger partial charge in [0.05, 0.1) is 0 Å². The van der Waals surface area contributed by atoms with E-state index in [9.17, 15) is 8.42 Å². The van der Waals surface area contributed by atoms with E-state index in [2.05, 4.69) is 25.6 Å². The quantitative estimate of drug-likeness (QED) is 0.723. The van der Waals surface area contributed by atoms with Crippen LogP contribution < -0.4 is 4.72 Å². The summed E-state index contributed by atoms with van der Waals surface area (Å²) in [6.07, 6.45) is 1.62. The molecule has 0 radical (unpaired) electrons. The molecule has 1 N–H and O–H groups in total. The van der Waals surface area contributed by atoms with Gasteiger partial charge in [-0.15, -0.1) is 11.3 Å². The summed E-state index contributed by atoms with van der Waals surface area (Å²) >= 11 is 10.8.